The molecule has 1 unspecified atom stereocenters. The summed E-state index contributed by atoms with van der Waals surface area (Å²) in [6, 6.07) is 8.99. The van der Waals surface area contributed by atoms with E-state index in [1.54, 1.807) is 37.2 Å². The second-order valence-corrected chi connectivity index (χ2v) is 7.00. The largest absolute Gasteiger partial charge is 0.489 e. The van der Waals surface area contributed by atoms with Crippen LogP contribution in [-0.2, 0) is 11.3 Å². The number of nitrogens with zero attached hydrogens (tertiary/aromatic N) is 1. The molecule has 1 aliphatic heterocycles. The lowest BCUT2D eigenvalue weighted by molar-refractivity contribution is -0.125. The van der Waals surface area contributed by atoms with E-state index in [-0.39, 0.29) is 11.7 Å². The van der Waals surface area contributed by atoms with Crippen molar-refractivity contribution in [3.05, 3.63) is 58.4 Å². The number of nitrogens with one attached hydrogen (secondary N) is 1. The zero-order chi connectivity index (χ0) is 19.4. The van der Waals surface area contributed by atoms with Crippen molar-refractivity contribution in [3.63, 3.8) is 0 Å². The first-order valence-corrected chi connectivity index (χ1v) is 9.11. The van der Waals surface area contributed by atoms with Gasteiger partial charge < -0.3 is 14.8 Å². The minimum Gasteiger partial charge on any atom is -0.489 e. The Labute approximate surface area is 163 Å². The van der Waals surface area contributed by atoms with E-state index in [0.717, 1.165) is 17.5 Å². The van der Waals surface area contributed by atoms with Gasteiger partial charge in [0.1, 0.15) is 11.9 Å². The van der Waals surface area contributed by atoms with Crippen LogP contribution in [0.5, 0.6) is 11.5 Å². The molecule has 144 valence electrons. The normalized spacial score (nSPS) is 14.6. The molecule has 0 saturated heterocycles. The first kappa shape index (κ1) is 19.5. The summed E-state index contributed by atoms with van der Waals surface area (Å²) in [5.41, 5.74) is 1.53. The molecule has 0 saturated carbocycles. The second kappa shape index (κ2) is 8.59. The fraction of sp³-hybridized carbons (Fsp3) is 0.350. The molecule has 1 N–H and O–H groups in total. The molecule has 2 aromatic rings. The van der Waals surface area contributed by atoms with Crippen LogP contribution in [0.15, 0.2) is 36.4 Å². The summed E-state index contributed by atoms with van der Waals surface area (Å²) in [4.78, 5) is 14.5. The maximum atomic E-state index is 13.2. The topological polar surface area (TPSA) is 50.8 Å². The molecule has 0 aliphatic carbocycles. The number of ether oxygens (including phenoxy) is 2. The third-order valence-electron chi connectivity index (χ3n) is 4.28. The SMILES string of the molecule is CN(C)C(C(=O)NCc1cc(Cl)c2c(c1)OCCCO2)c1ccc(F)cc1. The number of likely N-dealkylation sites (N-methyl/N-ethyl adjacent to an activating group) is 1. The second-order valence-electron chi connectivity index (χ2n) is 6.59. The summed E-state index contributed by atoms with van der Waals surface area (Å²) in [7, 11) is 3.61. The summed E-state index contributed by atoms with van der Waals surface area (Å²) in [6.45, 7) is 1.41. The Kier molecular flexibility index (Phi) is 6.19. The molecule has 0 spiro atoms. The summed E-state index contributed by atoms with van der Waals surface area (Å²) < 4.78 is 24.5. The summed E-state index contributed by atoms with van der Waals surface area (Å²) in [5, 5.41) is 3.37. The predicted octanol–water partition coefficient (Wildman–Crippen LogP) is 3.56. The van der Waals surface area contributed by atoms with Crippen LogP contribution >= 0.6 is 11.6 Å². The number of hydrogen-bond donors (Lipinski definition) is 1. The van der Waals surface area contributed by atoms with Gasteiger partial charge in [-0.1, -0.05) is 23.7 Å². The van der Waals surface area contributed by atoms with Crippen molar-refractivity contribution < 1.29 is 18.7 Å². The molecule has 1 amide bonds. The monoisotopic (exact) mass is 392 g/mol. The molecule has 0 bridgehead atoms. The predicted molar refractivity (Wildman–Crippen MR) is 102 cm³/mol. The maximum Gasteiger partial charge on any atom is 0.242 e. The van der Waals surface area contributed by atoms with E-state index < -0.39 is 6.04 Å². The smallest absolute Gasteiger partial charge is 0.242 e. The Hall–Kier alpha value is -2.31. The van der Waals surface area contributed by atoms with Gasteiger partial charge in [0.2, 0.25) is 5.91 Å². The van der Waals surface area contributed by atoms with Crippen molar-refractivity contribution >= 4 is 17.5 Å². The molecule has 0 aromatic heterocycles. The van der Waals surface area contributed by atoms with Crippen LogP contribution < -0.4 is 14.8 Å². The van der Waals surface area contributed by atoms with Gasteiger partial charge in [0, 0.05) is 13.0 Å². The van der Waals surface area contributed by atoms with Crippen molar-refractivity contribution in [2.24, 2.45) is 0 Å². The lowest BCUT2D eigenvalue weighted by Crippen LogP contribution is -2.36. The number of rotatable bonds is 5. The molecular formula is C20H22ClFN2O3. The summed E-state index contributed by atoms with van der Waals surface area (Å²) in [6.07, 6.45) is 0.791. The molecule has 5 nitrogen and oxygen atoms in total. The highest BCUT2D eigenvalue weighted by Gasteiger charge is 2.23. The molecule has 0 fully saturated rings. The summed E-state index contributed by atoms with van der Waals surface area (Å²) >= 11 is 6.30. The molecular weight excluding hydrogens is 371 g/mol. The van der Waals surface area contributed by atoms with E-state index in [4.69, 9.17) is 21.1 Å². The van der Waals surface area contributed by atoms with Gasteiger partial charge in [-0.3, -0.25) is 9.69 Å². The van der Waals surface area contributed by atoms with E-state index in [2.05, 4.69) is 5.32 Å². The van der Waals surface area contributed by atoms with Crippen molar-refractivity contribution in [2.45, 2.75) is 19.0 Å². The van der Waals surface area contributed by atoms with Crippen molar-refractivity contribution in [1.29, 1.82) is 0 Å². The van der Waals surface area contributed by atoms with Crippen LogP contribution in [0.2, 0.25) is 5.02 Å². The number of fused-ring (bicyclic) bond motifs is 1. The van der Waals surface area contributed by atoms with E-state index in [0.29, 0.717) is 36.3 Å². The van der Waals surface area contributed by atoms with E-state index in [1.807, 2.05) is 6.07 Å². The Morgan fingerprint density at radius 2 is 1.93 bits per heavy atom. The zero-order valence-corrected chi connectivity index (χ0v) is 16.1. The average molecular weight is 393 g/mol. The van der Waals surface area contributed by atoms with Crippen LogP contribution in [0.3, 0.4) is 0 Å². The van der Waals surface area contributed by atoms with Gasteiger partial charge in [-0.05, 0) is 49.5 Å². The number of carbonyl (C=O) groups excluding carboxylic acids is 1. The fourth-order valence-electron chi connectivity index (χ4n) is 3.00. The van der Waals surface area contributed by atoms with E-state index in [1.165, 1.54) is 12.1 Å². The number of amides is 1. The third kappa shape index (κ3) is 4.70. The highest BCUT2D eigenvalue weighted by molar-refractivity contribution is 6.32. The lowest BCUT2D eigenvalue weighted by Gasteiger charge is -2.24. The third-order valence-corrected chi connectivity index (χ3v) is 4.56. The van der Waals surface area contributed by atoms with Crippen LogP contribution in [0.25, 0.3) is 0 Å². The molecule has 1 atom stereocenters. The van der Waals surface area contributed by atoms with Crippen molar-refractivity contribution in [3.8, 4) is 11.5 Å². The fourth-order valence-corrected chi connectivity index (χ4v) is 3.29. The summed E-state index contributed by atoms with van der Waals surface area (Å²) in [5.74, 6) is 0.613. The van der Waals surface area contributed by atoms with E-state index >= 15 is 0 Å². The highest BCUT2D eigenvalue weighted by atomic mass is 35.5. The van der Waals surface area contributed by atoms with Gasteiger partial charge in [-0.25, -0.2) is 4.39 Å². The molecule has 27 heavy (non-hydrogen) atoms. The van der Waals surface area contributed by atoms with Crippen LogP contribution in [0.4, 0.5) is 4.39 Å². The Bertz CT molecular complexity index is 812. The minimum atomic E-state index is -0.526. The average Bonchev–Trinajstić information content (AvgIpc) is 2.87. The Balaban J connectivity index is 1.73. The molecule has 2 aromatic carbocycles. The number of hydrogen-bond acceptors (Lipinski definition) is 4. The molecule has 1 heterocycles. The molecule has 7 heteroatoms. The van der Waals surface area contributed by atoms with Gasteiger partial charge in [0.05, 0.1) is 18.2 Å². The lowest BCUT2D eigenvalue weighted by atomic mass is 10.0. The van der Waals surface area contributed by atoms with Gasteiger partial charge in [0.15, 0.2) is 11.5 Å². The van der Waals surface area contributed by atoms with Gasteiger partial charge >= 0.3 is 0 Å². The maximum absolute atomic E-state index is 13.2. The molecule has 3 rings (SSSR count). The number of benzene rings is 2. The van der Waals surface area contributed by atoms with E-state index in [9.17, 15) is 9.18 Å². The Morgan fingerprint density at radius 1 is 1.22 bits per heavy atom. The Morgan fingerprint density at radius 3 is 2.63 bits per heavy atom. The quantitative estimate of drug-likeness (QED) is 0.845. The highest BCUT2D eigenvalue weighted by Crippen LogP contribution is 2.38. The zero-order valence-electron chi connectivity index (χ0n) is 15.3. The van der Waals surface area contributed by atoms with Crippen LogP contribution in [0.1, 0.15) is 23.6 Å². The first-order chi connectivity index (χ1) is 13.0. The minimum absolute atomic E-state index is 0.185. The number of halogens is 2. The van der Waals surface area contributed by atoms with Gasteiger partial charge in [-0.15, -0.1) is 0 Å². The number of carbonyl (C=O) groups is 1. The van der Waals surface area contributed by atoms with Crippen molar-refractivity contribution in [1.82, 2.24) is 10.2 Å². The van der Waals surface area contributed by atoms with Crippen molar-refractivity contribution in [2.75, 3.05) is 27.3 Å². The molecule has 0 radical (unpaired) electrons. The standard InChI is InChI=1S/C20H22ClFN2O3/c1-24(2)18(14-4-6-15(22)7-5-14)20(25)23-12-13-10-16(21)19-17(11-13)26-8-3-9-27-19/h4-7,10-11,18H,3,8-9,12H2,1-2H3,(H,23,25). The van der Waals surface area contributed by atoms with Crippen LogP contribution in [-0.4, -0.2) is 38.1 Å². The first-order valence-electron chi connectivity index (χ1n) is 8.73. The van der Waals surface area contributed by atoms with Crippen LogP contribution in [0, 0.1) is 5.82 Å². The molecule has 1 aliphatic rings. The van der Waals surface area contributed by atoms with Gasteiger partial charge in [-0.2, -0.15) is 0 Å². The van der Waals surface area contributed by atoms with Gasteiger partial charge in [0.25, 0.3) is 0 Å².